The van der Waals surface area contributed by atoms with E-state index in [1.54, 1.807) is 12.1 Å². The van der Waals surface area contributed by atoms with Crippen LogP contribution in [-0.2, 0) is 19.3 Å². The lowest BCUT2D eigenvalue weighted by Crippen LogP contribution is -2.37. The fraction of sp³-hybridized carbons (Fsp3) is 0.286. The van der Waals surface area contributed by atoms with Gasteiger partial charge in [0.05, 0.1) is 5.60 Å². The van der Waals surface area contributed by atoms with Gasteiger partial charge in [0.15, 0.2) is 0 Å². The van der Waals surface area contributed by atoms with E-state index in [4.69, 9.17) is 0 Å². The van der Waals surface area contributed by atoms with E-state index >= 15 is 0 Å². The molecule has 0 saturated heterocycles. The summed E-state index contributed by atoms with van der Waals surface area (Å²) >= 11 is 0. The monoisotopic (exact) mass is 302 g/mol. The lowest BCUT2D eigenvalue weighted by molar-refractivity contribution is 0.0373. The Morgan fingerprint density at radius 2 is 1.45 bits per heavy atom. The highest BCUT2D eigenvalue weighted by atomic mass is 19.1. The Bertz CT molecular complexity index is 659. The van der Waals surface area contributed by atoms with Crippen LogP contribution in [-0.4, -0.2) is 41.1 Å². The van der Waals surface area contributed by atoms with Crippen LogP contribution in [0.3, 0.4) is 0 Å². The van der Waals surface area contributed by atoms with Crippen molar-refractivity contribution in [2.45, 2.75) is 24.9 Å². The van der Waals surface area contributed by atoms with E-state index in [1.165, 1.54) is 24.8 Å². The first-order valence-corrected chi connectivity index (χ1v) is 6.78. The molecule has 8 heteroatoms. The zero-order valence-electron chi connectivity index (χ0n) is 11.7. The second kappa shape index (κ2) is 6.02. The van der Waals surface area contributed by atoms with Gasteiger partial charge in [0.2, 0.25) is 0 Å². The fourth-order valence-electron chi connectivity index (χ4n) is 2.43. The van der Waals surface area contributed by atoms with Crippen LogP contribution in [0.15, 0.2) is 36.9 Å². The van der Waals surface area contributed by atoms with Crippen LogP contribution in [0.2, 0.25) is 0 Å². The van der Waals surface area contributed by atoms with E-state index in [-0.39, 0.29) is 18.7 Å². The summed E-state index contributed by atoms with van der Waals surface area (Å²) in [7, 11) is 0. The van der Waals surface area contributed by atoms with Gasteiger partial charge in [-0.3, -0.25) is 10.2 Å². The van der Waals surface area contributed by atoms with E-state index in [9.17, 15) is 9.50 Å². The standard InChI is InChI=1S/C14H15FN6O/c15-11-3-1-10(2-4-11)5-14(22,6-12-16-8-18-20-12)7-13-17-9-19-21-13/h1-4,8-9,22H,5-7H2,(H,16,18,20)(H,17,19,21). The van der Waals surface area contributed by atoms with Crippen molar-refractivity contribution in [3.05, 3.63) is 59.9 Å². The third-order valence-electron chi connectivity index (χ3n) is 3.37. The van der Waals surface area contributed by atoms with Crippen molar-refractivity contribution in [1.29, 1.82) is 0 Å². The highest BCUT2D eigenvalue weighted by Crippen LogP contribution is 2.21. The second-order valence-corrected chi connectivity index (χ2v) is 5.25. The minimum atomic E-state index is -1.14. The maximum absolute atomic E-state index is 13.0. The van der Waals surface area contributed by atoms with Gasteiger partial charge in [-0.1, -0.05) is 12.1 Å². The third-order valence-corrected chi connectivity index (χ3v) is 3.37. The van der Waals surface area contributed by atoms with Crippen molar-refractivity contribution >= 4 is 0 Å². The van der Waals surface area contributed by atoms with E-state index in [0.717, 1.165) is 5.56 Å². The third kappa shape index (κ3) is 3.53. The molecule has 0 aliphatic heterocycles. The number of hydrogen-bond donors (Lipinski definition) is 3. The summed E-state index contributed by atoms with van der Waals surface area (Å²) in [6, 6.07) is 6.06. The number of halogens is 1. The Morgan fingerprint density at radius 3 is 1.91 bits per heavy atom. The van der Waals surface area contributed by atoms with Gasteiger partial charge in [0.25, 0.3) is 0 Å². The largest absolute Gasteiger partial charge is 0.389 e. The number of nitrogens with one attached hydrogen (secondary N) is 2. The van der Waals surface area contributed by atoms with Gasteiger partial charge in [0.1, 0.15) is 30.1 Å². The van der Waals surface area contributed by atoms with Gasteiger partial charge in [-0.15, -0.1) is 0 Å². The molecule has 0 aliphatic carbocycles. The molecule has 2 heterocycles. The number of hydrogen-bond acceptors (Lipinski definition) is 5. The minimum absolute atomic E-state index is 0.269. The van der Waals surface area contributed by atoms with Crippen LogP contribution in [0.25, 0.3) is 0 Å². The normalized spacial score (nSPS) is 11.7. The molecule has 0 bridgehead atoms. The van der Waals surface area contributed by atoms with Crippen molar-refractivity contribution < 1.29 is 9.50 Å². The van der Waals surface area contributed by atoms with Crippen LogP contribution >= 0.6 is 0 Å². The predicted molar refractivity (Wildman–Crippen MR) is 75.2 cm³/mol. The number of H-pyrrole nitrogens is 2. The van der Waals surface area contributed by atoms with Gasteiger partial charge >= 0.3 is 0 Å². The number of rotatable bonds is 6. The molecule has 1 aromatic carbocycles. The molecule has 0 saturated carbocycles. The van der Waals surface area contributed by atoms with Gasteiger partial charge in [-0.2, -0.15) is 10.2 Å². The first-order chi connectivity index (χ1) is 10.6. The molecule has 7 nitrogen and oxygen atoms in total. The molecule has 0 radical (unpaired) electrons. The molecule has 0 atom stereocenters. The summed E-state index contributed by atoms with van der Waals surface area (Å²) in [5.74, 6) is 0.839. The smallest absolute Gasteiger partial charge is 0.137 e. The molecule has 22 heavy (non-hydrogen) atoms. The molecule has 3 N–H and O–H groups in total. The fourth-order valence-corrected chi connectivity index (χ4v) is 2.43. The van der Waals surface area contributed by atoms with Crippen LogP contribution < -0.4 is 0 Å². The summed E-state index contributed by atoms with van der Waals surface area (Å²) in [4.78, 5) is 8.11. The number of aromatic amines is 2. The van der Waals surface area contributed by atoms with Gasteiger partial charge in [0, 0.05) is 19.3 Å². The van der Waals surface area contributed by atoms with Crippen LogP contribution in [0.5, 0.6) is 0 Å². The van der Waals surface area contributed by atoms with E-state index in [0.29, 0.717) is 18.1 Å². The van der Waals surface area contributed by atoms with Crippen molar-refractivity contribution in [3.8, 4) is 0 Å². The number of benzene rings is 1. The number of aliphatic hydroxyl groups is 1. The Morgan fingerprint density at radius 1 is 0.909 bits per heavy atom. The Hall–Kier alpha value is -2.61. The van der Waals surface area contributed by atoms with Crippen molar-refractivity contribution in [2.75, 3.05) is 0 Å². The average Bonchev–Trinajstić information content (AvgIpc) is 3.15. The highest BCUT2D eigenvalue weighted by Gasteiger charge is 2.30. The van der Waals surface area contributed by atoms with E-state index < -0.39 is 5.60 Å². The first kappa shape index (κ1) is 14.3. The quantitative estimate of drug-likeness (QED) is 0.625. The molecule has 3 rings (SSSR count). The Kier molecular flexibility index (Phi) is 3.92. The van der Waals surface area contributed by atoms with Crippen LogP contribution in [0.1, 0.15) is 17.2 Å². The molecule has 0 fully saturated rings. The molecule has 0 spiro atoms. The summed E-state index contributed by atoms with van der Waals surface area (Å²) in [6.07, 6.45) is 3.65. The summed E-state index contributed by atoms with van der Waals surface area (Å²) in [5, 5.41) is 24.1. The van der Waals surface area contributed by atoms with E-state index in [2.05, 4.69) is 30.4 Å². The van der Waals surface area contributed by atoms with Crippen molar-refractivity contribution in [2.24, 2.45) is 0 Å². The molecule has 114 valence electrons. The summed E-state index contributed by atoms with van der Waals surface area (Å²) < 4.78 is 13.0. The van der Waals surface area contributed by atoms with Crippen LogP contribution in [0.4, 0.5) is 4.39 Å². The molecule has 0 unspecified atom stereocenters. The Balaban J connectivity index is 1.82. The number of nitrogens with zero attached hydrogens (tertiary/aromatic N) is 4. The Labute approximate surface area is 125 Å². The van der Waals surface area contributed by atoms with Gasteiger partial charge < -0.3 is 5.11 Å². The maximum atomic E-state index is 13.0. The molecule has 0 amide bonds. The highest BCUT2D eigenvalue weighted by molar-refractivity contribution is 5.19. The van der Waals surface area contributed by atoms with Crippen molar-refractivity contribution in [3.63, 3.8) is 0 Å². The second-order valence-electron chi connectivity index (χ2n) is 5.25. The molecule has 2 aromatic heterocycles. The van der Waals surface area contributed by atoms with E-state index in [1.807, 2.05) is 0 Å². The topological polar surface area (TPSA) is 103 Å². The zero-order valence-corrected chi connectivity index (χ0v) is 11.7. The molecule has 0 aliphatic rings. The lowest BCUT2D eigenvalue weighted by Gasteiger charge is -2.26. The first-order valence-electron chi connectivity index (χ1n) is 6.78. The van der Waals surface area contributed by atoms with Crippen LogP contribution in [0, 0.1) is 5.82 Å². The lowest BCUT2D eigenvalue weighted by atomic mass is 9.87. The SMILES string of the molecule is OC(Cc1ccc(F)cc1)(Cc1ncn[nH]1)Cc1ncn[nH]1. The summed E-state index contributed by atoms with van der Waals surface area (Å²) in [5.41, 5.74) is -0.320. The zero-order chi connectivity index (χ0) is 15.4. The van der Waals surface area contributed by atoms with Crippen molar-refractivity contribution in [1.82, 2.24) is 30.4 Å². The molecule has 3 aromatic rings. The average molecular weight is 302 g/mol. The van der Waals surface area contributed by atoms with Gasteiger partial charge in [-0.05, 0) is 17.7 Å². The van der Waals surface area contributed by atoms with Gasteiger partial charge in [-0.25, -0.2) is 14.4 Å². The number of aromatic nitrogens is 6. The molecular formula is C14H15FN6O. The minimum Gasteiger partial charge on any atom is -0.389 e. The maximum Gasteiger partial charge on any atom is 0.137 e. The predicted octanol–water partition coefficient (Wildman–Crippen LogP) is 0.821. The molecular weight excluding hydrogens is 287 g/mol. The summed E-state index contributed by atoms with van der Waals surface area (Å²) in [6.45, 7) is 0.